The number of anilines is 1. The van der Waals surface area contributed by atoms with Crippen LogP contribution in [0.4, 0.5) is 5.69 Å². The minimum atomic E-state index is -0.0932. The Morgan fingerprint density at radius 1 is 1.29 bits per heavy atom. The van der Waals surface area contributed by atoms with Crippen LogP contribution in [-0.4, -0.2) is 31.7 Å². The first-order valence-electron chi connectivity index (χ1n) is 8.02. The highest BCUT2D eigenvalue weighted by molar-refractivity contribution is 5.94. The molecule has 2 unspecified atom stereocenters. The van der Waals surface area contributed by atoms with E-state index in [4.69, 9.17) is 4.74 Å². The van der Waals surface area contributed by atoms with Gasteiger partial charge in [0.15, 0.2) is 0 Å². The van der Waals surface area contributed by atoms with Gasteiger partial charge in [-0.05, 0) is 49.4 Å². The van der Waals surface area contributed by atoms with Gasteiger partial charge >= 0.3 is 0 Å². The maximum Gasteiger partial charge on any atom is 0.231 e. The molecule has 1 heterocycles. The van der Waals surface area contributed by atoms with Crippen LogP contribution < -0.4 is 10.6 Å². The molecule has 1 amide bonds. The smallest absolute Gasteiger partial charge is 0.231 e. The second-order valence-corrected chi connectivity index (χ2v) is 5.95. The van der Waals surface area contributed by atoms with Gasteiger partial charge in [-0.3, -0.25) is 4.79 Å². The molecule has 1 aliphatic carbocycles. The number of fused-ring (bicyclic) bond motifs is 1. The molecule has 0 radical (unpaired) electrons. The topological polar surface area (TPSA) is 50.4 Å². The van der Waals surface area contributed by atoms with E-state index in [1.165, 1.54) is 24.0 Å². The number of amides is 1. The Balaban J connectivity index is 1.73. The molecule has 0 spiro atoms. The quantitative estimate of drug-likeness (QED) is 0.892. The van der Waals surface area contributed by atoms with Crippen LogP contribution in [0.15, 0.2) is 18.2 Å². The lowest BCUT2D eigenvalue weighted by molar-refractivity contribution is -0.120. The first kappa shape index (κ1) is 14.5. The third kappa shape index (κ3) is 3.11. The van der Waals surface area contributed by atoms with Gasteiger partial charge in [0, 0.05) is 11.7 Å². The molecule has 21 heavy (non-hydrogen) atoms. The van der Waals surface area contributed by atoms with Gasteiger partial charge in [0.2, 0.25) is 5.91 Å². The lowest BCUT2D eigenvalue weighted by Crippen LogP contribution is -2.41. The van der Waals surface area contributed by atoms with Crippen molar-refractivity contribution in [1.29, 1.82) is 0 Å². The summed E-state index contributed by atoms with van der Waals surface area (Å²) in [6.07, 6.45) is 4.67. The van der Waals surface area contributed by atoms with Gasteiger partial charge in [-0.25, -0.2) is 0 Å². The summed E-state index contributed by atoms with van der Waals surface area (Å²) in [5, 5.41) is 6.48. The summed E-state index contributed by atoms with van der Waals surface area (Å²) in [7, 11) is 0. The highest BCUT2D eigenvalue weighted by atomic mass is 16.5. The lowest BCUT2D eigenvalue weighted by atomic mass is 9.90. The van der Waals surface area contributed by atoms with Gasteiger partial charge in [0.05, 0.1) is 19.1 Å². The fourth-order valence-corrected chi connectivity index (χ4v) is 3.40. The Hall–Kier alpha value is -1.39. The predicted molar refractivity (Wildman–Crippen MR) is 83.5 cm³/mol. The van der Waals surface area contributed by atoms with Crippen LogP contribution in [0.25, 0.3) is 0 Å². The number of carbonyl (C=O) groups excluding carboxylic acids is 1. The molecule has 2 atom stereocenters. The lowest BCUT2D eigenvalue weighted by Gasteiger charge is -2.22. The predicted octanol–water partition coefficient (Wildman–Crippen LogP) is 2.13. The minimum absolute atomic E-state index is 0.0809. The molecule has 1 aromatic rings. The largest absolute Gasteiger partial charge is 0.379 e. The fraction of sp³-hybridized carbons (Fsp3) is 0.588. The second kappa shape index (κ2) is 6.58. The van der Waals surface area contributed by atoms with E-state index in [1.807, 2.05) is 12.1 Å². The van der Waals surface area contributed by atoms with Crippen molar-refractivity contribution in [3.63, 3.8) is 0 Å². The van der Waals surface area contributed by atoms with Crippen LogP contribution in [0, 0.1) is 5.92 Å². The highest BCUT2D eigenvalue weighted by Crippen LogP contribution is 2.28. The van der Waals surface area contributed by atoms with Crippen molar-refractivity contribution in [3.8, 4) is 0 Å². The minimum Gasteiger partial charge on any atom is -0.379 e. The zero-order valence-corrected chi connectivity index (χ0v) is 12.7. The molecule has 0 saturated carbocycles. The third-order valence-corrected chi connectivity index (χ3v) is 4.54. The maximum absolute atomic E-state index is 12.6. The normalized spacial score (nSPS) is 24.6. The first-order valence-corrected chi connectivity index (χ1v) is 8.02. The molecule has 1 aromatic carbocycles. The van der Waals surface area contributed by atoms with Gasteiger partial charge in [-0.2, -0.15) is 0 Å². The molecule has 3 rings (SSSR count). The Bertz CT molecular complexity index is 516. The fourth-order valence-electron chi connectivity index (χ4n) is 3.40. The Morgan fingerprint density at radius 2 is 2.14 bits per heavy atom. The summed E-state index contributed by atoms with van der Waals surface area (Å²) in [4.78, 5) is 12.6. The van der Waals surface area contributed by atoms with Crippen LogP contribution in [0.1, 0.15) is 30.9 Å². The van der Waals surface area contributed by atoms with Crippen LogP contribution in [0.3, 0.4) is 0 Å². The molecule has 1 fully saturated rings. The Kier molecular flexibility index (Phi) is 4.56. The number of nitrogens with one attached hydrogen (secondary N) is 2. The van der Waals surface area contributed by atoms with Gasteiger partial charge in [0.1, 0.15) is 0 Å². The third-order valence-electron chi connectivity index (χ3n) is 4.54. The van der Waals surface area contributed by atoms with Gasteiger partial charge < -0.3 is 15.4 Å². The van der Waals surface area contributed by atoms with Crippen molar-refractivity contribution in [2.75, 3.05) is 25.1 Å². The maximum atomic E-state index is 12.6. The van der Waals surface area contributed by atoms with Crippen LogP contribution >= 0.6 is 0 Å². The number of hydrogen-bond acceptors (Lipinski definition) is 3. The number of rotatable bonds is 4. The summed E-state index contributed by atoms with van der Waals surface area (Å²) in [5.74, 6) is -0.0122. The first-order chi connectivity index (χ1) is 10.3. The molecule has 2 N–H and O–H groups in total. The van der Waals surface area contributed by atoms with E-state index in [2.05, 4.69) is 23.6 Å². The molecule has 1 saturated heterocycles. The van der Waals surface area contributed by atoms with Crippen molar-refractivity contribution in [1.82, 2.24) is 5.32 Å². The van der Waals surface area contributed by atoms with Crippen LogP contribution in [-0.2, 0) is 22.4 Å². The monoisotopic (exact) mass is 288 g/mol. The summed E-state index contributed by atoms with van der Waals surface area (Å²) >= 11 is 0. The van der Waals surface area contributed by atoms with Crippen molar-refractivity contribution in [3.05, 3.63) is 29.3 Å². The molecular weight excluding hydrogens is 264 g/mol. The standard InChI is InChI=1S/C17H24N2O2/c1-2-18-16-11-21-10-14(16)17(20)19-15-9-5-7-12-6-3-4-8-13(12)15/h5,7,9,14,16,18H,2-4,6,8,10-11H2,1H3,(H,19,20). The van der Waals surface area contributed by atoms with E-state index >= 15 is 0 Å². The second-order valence-electron chi connectivity index (χ2n) is 5.95. The zero-order valence-electron chi connectivity index (χ0n) is 12.7. The van der Waals surface area contributed by atoms with Crippen molar-refractivity contribution in [2.45, 2.75) is 38.6 Å². The number of ether oxygens (including phenoxy) is 1. The van der Waals surface area contributed by atoms with Crippen molar-refractivity contribution in [2.24, 2.45) is 5.92 Å². The van der Waals surface area contributed by atoms with Crippen molar-refractivity contribution >= 4 is 11.6 Å². The SMILES string of the molecule is CCNC1COCC1C(=O)Nc1cccc2c1CCCC2. The number of likely N-dealkylation sites (N-methyl/N-ethyl adjacent to an activating group) is 1. The average molecular weight is 288 g/mol. The molecule has 114 valence electrons. The van der Waals surface area contributed by atoms with Gasteiger partial charge in [-0.15, -0.1) is 0 Å². The van der Waals surface area contributed by atoms with E-state index in [-0.39, 0.29) is 17.9 Å². The number of aryl methyl sites for hydroxylation is 1. The highest BCUT2D eigenvalue weighted by Gasteiger charge is 2.33. The molecule has 0 aromatic heterocycles. The molecule has 1 aliphatic heterocycles. The number of hydrogen-bond donors (Lipinski definition) is 2. The Morgan fingerprint density at radius 3 is 3.00 bits per heavy atom. The molecule has 4 nitrogen and oxygen atoms in total. The van der Waals surface area contributed by atoms with E-state index in [1.54, 1.807) is 0 Å². The number of carbonyl (C=O) groups is 1. The van der Waals surface area contributed by atoms with Gasteiger partial charge in [-0.1, -0.05) is 19.1 Å². The summed E-state index contributed by atoms with van der Waals surface area (Å²) in [6, 6.07) is 6.39. The molecular formula is C17H24N2O2. The molecule has 2 aliphatic rings. The van der Waals surface area contributed by atoms with Crippen LogP contribution in [0.5, 0.6) is 0 Å². The average Bonchev–Trinajstić information content (AvgIpc) is 2.96. The number of benzene rings is 1. The summed E-state index contributed by atoms with van der Waals surface area (Å²) in [5.41, 5.74) is 3.72. The van der Waals surface area contributed by atoms with Gasteiger partial charge in [0.25, 0.3) is 0 Å². The van der Waals surface area contributed by atoms with Crippen LogP contribution in [0.2, 0.25) is 0 Å². The zero-order chi connectivity index (χ0) is 14.7. The molecule has 4 heteroatoms. The van der Waals surface area contributed by atoms with E-state index in [0.29, 0.717) is 13.2 Å². The molecule has 0 bridgehead atoms. The Labute approximate surface area is 126 Å². The van der Waals surface area contributed by atoms with E-state index < -0.39 is 0 Å². The summed E-state index contributed by atoms with van der Waals surface area (Å²) in [6.45, 7) is 4.05. The van der Waals surface area contributed by atoms with E-state index in [9.17, 15) is 4.79 Å². The van der Waals surface area contributed by atoms with E-state index in [0.717, 1.165) is 25.1 Å². The summed E-state index contributed by atoms with van der Waals surface area (Å²) < 4.78 is 5.47. The van der Waals surface area contributed by atoms with Crippen molar-refractivity contribution < 1.29 is 9.53 Å².